The van der Waals surface area contributed by atoms with E-state index in [2.05, 4.69) is 21.2 Å². The van der Waals surface area contributed by atoms with E-state index in [1.54, 1.807) is 12.1 Å². The number of hydrogen-bond acceptors (Lipinski definition) is 3. The fourth-order valence-electron chi connectivity index (χ4n) is 1.90. The summed E-state index contributed by atoms with van der Waals surface area (Å²) < 4.78 is 6.30. The Labute approximate surface area is 124 Å². The lowest BCUT2D eigenvalue weighted by atomic mass is 10.1. The Morgan fingerprint density at radius 3 is 2.80 bits per heavy atom. The number of carboxylic acids is 1. The fraction of sp³-hybridized carbons (Fsp3) is 0.286. The van der Waals surface area contributed by atoms with Gasteiger partial charge in [-0.15, -0.1) is 0 Å². The maximum Gasteiger partial charge on any atom is 0.326 e. The summed E-state index contributed by atoms with van der Waals surface area (Å²) in [5.74, 6) is -1.45. The molecule has 106 valence electrons. The third-order valence-electron chi connectivity index (χ3n) is 2.88. The molecule has 2 N–H and O–H groups in total. The van der Waals surface area contributed by atoms with E-state index in [1.807, 2.05) is 19.1 Å². The Balaban J connectivity index is 2.20. The highest BCUT2D eigenvalue weighted by Crippen LogP contribution is 2.23. The molecule has 1 unspecified atom stereocenters. The highest BCUT2D eigenvalue weighted by molar-refractivity contribution is 9.10. The van der Waals surface area contributed by atoms with E-state index >= 15 is 0 Å². The summed E-state index contributed by atoms with van der Waals surface area (Å²) in [5, 5.41) is 12.3. The van der Waals surface area contributed by atoms with Crippen molar-refractivity contribution in [1.82, 2.24) is 5.32 Å². The van der Waals surface area contributed by atoms with Crippen molar-refractivity contribution in [2.45, 2.75) is 25.8 Å². The molecule has 0 aliphatic heterocycles. The molecule has 1 aromatic carbocycles. The number of aliphatic carboxylic acids is 1. The molecule has 0 aliphatic rings. The lowest BCUT2D eigenvalue weighted by Crippen LogP contribution is -2.40. The van der Waals surface area contributed by atoms with Crippen LogP contribution in [0.5, 0.6) is 0 Å². The first-order chi connectivity index (χ1) is 9.51. The molecule has 1 atom stereocenters. The van der Waals surface area contributed by atoms with Gasteiger partial charge in [0.05, 0.1) is 0 Å². The van der Waals surface area contributed by atoms with Gasteiger partial charge in [-0.3, -0.25) is 4.79 Å². The van der Waals surface area contributed by atoms with Crippen LogP contribution in [0.2, 0.25) is 0 Å². The van der Waals surface area contributed by atoms with Crippen molar-refractivity contribution >= 4 is 38.8 Å². The number of amides is 1. The second-order valence-electron chi connectivity index (χ2n) is 4.45. The molecule has 0 bridgehead atoms. The highest BCUT2D eigenvalue weighted by Gasteiger charge is 2.21. The van der Waals surface area contributed by atoms with Crippen LogP contribution < -0.4 is 5.32 Å². The normalized spacial score (nSPS) is 12.3. The summed E-state index contributed by atoms with van der Waals surface area (Å²) in [6.45, 7) is 1.86. The van der Waals surface area contributed by atoms with Crippen LogP contribution in [0.25, 0.3) is 11.0 Å². The van der Waals surface area contributed by atoms with Gasteiger partial charge in [-0.25, -0.2) is 4.79 Å². The Bertz CT molecular complexity index is 650. The standard InChI is InChI=1S/C14H14BrNO4/c1-2-3-10(14(18)19)16-13(17)12-7-8-6-9(15)4-5-11(8)20-12/h4-7,10H,2-3H2,1H3,(H,16,17)(H,18,19). The Hall–Kier alpha value is -1.82. The monoisotopic (exact) mass is 339 g/mol. The summed E-state index contributed by atoms with van der Waals surface area (Å²) in [6.07, 6.45) is 1.05. The minimum Gasteiger partial charge on any atom is -0.480 e. The van der Waals surface area contributed by atoms with E-state index in [0.29, 0.717) is 18.4 Å². The predicted molar refractivity (Wildman–Crippen MR) is 77.7 cm³/mol. The fourth-order valence-corrected chi connectivity index (χ4v) is 2.28. The number of carboxylic acid groups (broad SMARTS) is 1. The second-order valence-corrected chi connectivity index (χ2v) is 5.36. The SMILES string of the molecule is CCCC(NC(=O)c1cc2cc(Br)ccc2o1)C(=O)O. The summed E-state index contributed by atoms with van der Waals surface area (Å²) in [5.41, 5.74) is 0.584. The van der Waals surface area contributed by atoms with Gasteiger partial charge < -0.3 is 14.8 Å². The zero-order valence-corrected chi connectivity index (χ0v) is 12.4. The molecule has 0 spiro atoms. The molecule has 20 heavy (non-hydrogen) atoms. The number of rotatable bonds is 5. The van der Waals surface area contributed by atoms with Crippen LogP contribution >= 0.6 is 15.9 Å². The lowest BCUT2D eigenvalue weighted by Gasteiger charge is -2.11. The van der Waals surface area contributed by atoms with Gasteiger partial charge in [0.2, 0.25) is 0 Å². The van der Waals surface area contributed by atoms with Crippen molar-refractivity contribution in [3.63, 3.8) is 0 Å². The minimum atomic E-state index is -1.04. The highest BCUT2D eigenvalue weighted by atomic mass is 79.9. The van der Waals surface area contributed by atoms with Crippen LogP contribution in [-0.4, -0.2) is 23.0 Å². The quantitative estimate of drug-likeness (QED) is 0.876. The Morgan fingerprint density at radius 1 is 1.40 bits per heavy atom. The van der Waals surface area contributed by atoms with E-state index in [9.17, 15) is 9.59 Å². The number of carbonyl (C=O) groups excluding carboxylic acids is 1. The molecule has 0 saturated heterocycles. The van der Waals surface area contributed by atoms with E-state index in [4.69, 9.17) is 9.52 Å². The lowest BCUT2D eigenvalue weighted by molar-refractivity contribution is -0.139. The molecule has 0 fully saturated rings. The van der Waals surface area contributed by atoms with Gasteiger partial charge in [-0.2, -0.15) is 0 Å². The van der Waals surface area contributed by atoms with Gasteiger partial charge in [0, 0.05) is 9.86 Å². The summed E-state index contributed by atoms with van der Waals surface area (Å²) >= 11 is 3.34. The molecule has 5 nitrogen and oxygen atoms in total. The number of benzene rings is 1. The molecular formula is C14H14BrNO4. The molecular weight excluding hydrogens is 326 g/mol. The van der Waals surface area contributed by atoms with Crippen molar-refractivity contribution in [2.24, 2.45) is 0 Å². The number of carbonyl (C=O) groups is 2. The van der Waals surface area contributed by atoms with Crippen LogP contribution in [0.3, 0.4) is 0 Å². The van der Waals surface area contributed by atoms with Gasteiger partial charge in [0.25, 0.3) is 5.91 Å². The third-order valence-corrected chi connectivity index (χ3v) is 3.38. The van der Waals surface area contributed by atoms with Crippen molar-refractivity contribution < 1.29 is 19.1 Å². The average Bonchev–Trinajstić information content (AvgIpc) is 2.80. The molecule has 1 heterocycles. The van der Waals surface area contributed by atoms with Gasteiger partial charge in [0.1, 0.15) is 11.6 Å². The second kappa shape index (κ2) is 6.09. The number of furan rings is 1. The van der Waals surface area contributed by atoms with E-state index < -0.39 is 17.9 Å². The van der Waals surface area contributed by atoms with Crippen LogP contribution in [0.1, 0.15) is 30.3 Å². The van der Waals surface area contributed by atoms with Gasteiger partial charge >= 0.3 is 5.97 Å². The number of nitrogens with one attached hydrogen (secondary N) is 1. The number of hydrogen-bond donors (Lipinski definition) is 2. The van der Waals surface area contributed by atoms with Gasteiger partial charge in [-0.1, -0.05) is 29.3 Å². The van der Waals surface area contributed by atoms with Crippen LogP contribution in [-0.2, 0) is 4.79 Å². The molecule has 1 amide bonds. The molecule has 6 heteroatoms. The smallest absolute Gasteiger partial charge is 0.326 e. The Morgan fingerprint density at radius 2 is 2.15 bits per heavy atom. The minimum absolute atomic E-state index is 0.112. The summed E-state index contributed by atoms with van der Waals surface area (Å²) in [4.78, 5) is 23.0. The molecule has 2 aromatic rings. The van der Waals surface area contributed by atoms with Crippen molar-refractivity contribution in [1.29, 1.82) is 0 Å². The van der Waals surface area contributed by atoms with E-state index in [-0.39, 0.29) is 5.76 Å². The van der Waals surface area contributed by atoms with Gasteiger partial charge in [-0.05, 0) is 30.7 Å². The number of halogens is 1. The first-order valence-electron chi connectivity index (χ1n) is 6.24. The van der Waals surface area contributed by atoms with Crippen LogP contribution in [0.15, 0.2) is 33.2 Å². The molecule has 2 rings (SSSR count). The van der Waals surface area contributed by atoms with Crippen LogP contribution in [0, 0.1) is 0 Å². The summed E-state index contributed by atoms with van der Waals surface area (Å²) in [7, 11) is 0. The van der Waals surface area contributed by atoms with Crippen molar-refractivity contribution in [3.05, 3.63) is 34.5 Å². The third kappa shape index (κ3) is 3.19. The largest absolute Gasteiger partial charge is 0.480 e. The van der Waals surface area contributed by atoms with E-state index in [1.165, 1.54) is 0 Å². The first-order valence-corrected chi connectivity index (χ1v) is 7.03. The maximum absolute atomic E-state index is 12.0. The zero-order chi connectivity index (χ0) is 14.7. The van der Waals surface area contributed by atoms with Crippen LogP contribution in [0.4, 0.5) is 0 Å². The zero-order valence-electron chi connectivity index (χ0n) is 10.9. The van der Waals surface area contributed by atoms with Gasteiger partial charge in [0.15, 0.2) is 5.76 Å². The first kappa shape index (κ1) is 14.6. The molecule has 0 radical (unpaired) electrons. The molecule has 0 saturated carbocycles. The summed E-state index contributed by atoms with van der Waals surface area (Å²) in [6, 6.07) is 6.09. The topological polar surface area (TPSA) is 79.5 Å². The number of fused-ring (bicyclic) bond motifs is 1. The van der Waals surface area contributed by atoms with E-state index in [0.717, 1.165) is 9.86 Å². The Kier molecular flexibility index (Phi) is 4.44. The molecule has 0 aliphatic carbocycles. The predicted octanol–water partition coefficient (Wildman–Crippen LogP) is 3.18. The molecule has 1 aromatic heterocycles. The van der Waals surface area contributed by atoms with Crippen molar-refractivity contribution in [2.75, 3.05) is 0 Å². The maximum atomic E-state index is 12.0. The van der Waals surface area contributed by atoms with Crippen molar-refractivity contribution in [3.8, 4) is 0 Å². The average molecular weight is 340 g/mol.